The molecule has 1 aromatic carbocycles. The molecule has 1 saturated carbocycles. The molecule has 1 heterocycles. The van der Waals surface area contributed by atoms with Crippen LogP contribution in [0.25, 0.3) is 0 Å². The average Bonchev–Trinajstić information content (AvgIpc) is 3.06. The molecule has 0 spiro atoms. The van der Waals surface area contributed by atoms with E-state index in [0.717, 1.165) is 56.6 Å². The molecule has 2 fully saturated rings. The number of carbonyl (C=O) groups excluding carboxylic acids is 1. The topological polar surface area (TPSA) is 78.5 Å². The van der Waals surface area contributed by atoms with Crippen molar-refractivity contribution in [3.63, 3.8) is 0 Å². The summed E-state index contributed by atoms with van der Waals surface area (Å²) in [7, 11) is -3.28. The quantitative estimate of drug-likeness (QED) is 0.756. The van der Waals surface area contributed by atoms with Crippen LogP contribution in [0, 0.1) is 5.92 Å². The van der Waals surface area contributed by atoms with Crippen LogP contribution in [0.15, 0.2) is 24.3 Å². The van der Waals surface area contributed by atoms with E-state index in [1.807, 2.05) is 29.2 Å². The smallest absolute Gasteiger partial charge is 0.227 e. The molecule has 28 heavy (non-hydrogen) atoms. The second-order valence-corrected chi connectivity index (χ2v) is 11.5. The summed E-state index contributed by atoms with van der Waals surface area (Å²) in [5.74, 6) is 0.759. The van der Waals surface area contributed by atoms with Crippen LogP contribution in [-0.2, 0) is 14.8 Å². The summed E-state index contributed by atoms with van der Waals surface area (Å²) in [6.07, 6.45) is 5.40. The summed E-state index contributed by atoms with van der Waals surface area (Å²) in [5, 5.41) is 3.49. The molecular formula is C21H33N3O3S. The highest BCUT2D eigenvalue weighted by Gasteiger charge is 2.32. The Hall–Kier alpha value is -1.60. The Kier molecular flexibility index (Phi) is 6.34. The number of hydrogen-bond acceptors (Lipinski definition) is 4. The minimum absolute atomic E-state index is 0.0535. The molecule has 1 aliphatic carbocycles. The van der Waals surface area contributed by atoms with Gasteiger partial charge in [-0.25, -0.2) is 13.1 Å². The molecule has 1 aromatic rings. The van der Waals surface area contributed by atoms with Crippen LogP contribution in [0.5, 0.6) is 0 Å². The highest BCUT2D eigenvalue weighted by molar-refractivity contribution is 7.90. The Bertz CT molecular complexity index is 776. The summed E-state index contributed by atoms with van der Waals surface area (Å²) >= 11 is 0. The third kappa shape index (κ3) is 5.06. The first kappa shape index (κ1) is 21.1. The minimum Gasteiger partial charge on any atom is -0.385 e. The van der Waals surface area contributed by atoms with Gasteiger partial charge in [0.25, 0.3) is 0 Å². The number of nitrogens with zero attached hydrogens (tertiary/aromatic N) is 1. The number of amides is 1. The second-order valence-electron chi connectivity index (χ2n) is 9.03. The molecule has 0 bridgehead atoms. The maximum absolute atomic E-state index is 12.3. The highest BCUT2D eigenvalue weighted by atomic mass is 32.2. The van der Waals surface area contributed by atoms with Crippen LogP contribution >= 0.6 is 0 Å². The van der Waals surface area contributed by atoms with Crippen molar-refractivity contribution in [1.82, 2.24) is 4.72 Å². The fourth-order valence-electron chi connectivity index (χ4n) is 3.82. The van der Waals surface area contributed by atoms with E-state index in [1.165, 1.54) is 0 Å². The molecule has 0 aromatic heterocycles. The summed E-state index contributed by atoms with van der Waals surface area (Å²) in [6, 6.07) is 8.12. The fourth-order valence-corrected chi connectivity index (χ4v) is 4.85. The van der Waals surface area contributed by atoms with E-state index in [-0.39, 0.29) is 11.9 Å². The molecule has 1 amide bonds. The minimum atomic E-state index is -3.28. The number of anilines is 2. The molecule has 7 heteroatoms. The lowest BCUT2D eigenvalue weighted by molar-refractivity contribution is -0.117. The van der Waals surface area contributed by atoms with Crippen molar-refractivity contribution in [1.29, 1.82) is 0 Å². The second kappa shape index (κ2) is 8.41. The van der Waals surface area contributed by atoms with Crippen molar-refractivity contribution in [3.8, 4) is 0 Å². The molecular weight excluding hydrogens is 374 g/mol. The van der Waals surface area contributed by atoms with Gasteiger partial charge in [-0.05, 0) is 83.1 Å². The van der Waals surface area contributed by atoms with Gasteiger partial charge in [-0.3, -0.25) is 4.79 Å². The van der Waals surface area contributed by atoms with Gasteiger partial charge in [-0.2, -0.15) is 0 Å². The third-order valence-corrected chi connectivity index (χ3v) is 8.08. The summed E-state index contributed by atoms with van der Waals surface area (Å²) in [4.78, 5) is 13.7. The Labute approximate surface area is 169 Å². The van der Waals surface area contributed by atoms with Gasteiger partial charge >= 0.3 is 0 Å². The Balaban J connectivity index is 1.44. The van der Waals surface area contributed by atoms with E-state index in [1.54, 1.807) is 20.8 Å². The van der Waals surface area contributed by atoms with Crippen molar-refractivity contribution >= 4 is 27.3 Å². The number of hydrogen-bond donors (Lipinski definition) is 2. The van der Waals surface area contributed by atoms with Gasteiger partial charge in [0.05, 0.1) is 4.75 Å². The van der Waals surface area contributed by atoms with Crippen molar-refractivity contribution in [2.24, 2.45) is 5.92 Å². The summed E-state index contributed by atoms with van der Waals surface area (Å²) in [5.41, 5.74) is 2.03. The lowest BCUT2D eigenvalue weighted by atomic mass is 9.86. The summed E-state index contributed by atoms with van der Waals surface area (Å²) in [6.45, 7) is 6.90. The lowest BCUT2D eigenvalue weighted by Gasteiger charge is -2.31. The Morgan fingerprint density at radius 3 is 2.25 bits per heavy atom. The Morgan fingerprint density at radius 2 is 1.71 bits per heavy atom. The maximum atomic E-state index is 12.3. The number of benzene rings is 1. The van der Waals surface area contributed by atoms with Crippen molar-refractivity contribution in [2.75, 3.05) is 23.3 Å². The van der Waals surface area contributed by atoms with Gasteiger partial charge in [0.2, 0.25) is 15.9 Å². The van der Waals surface area contributed by atoms with Gasteiger partial charge in [0, 0.05) is 36.9 Å². The van der Waals surface area contributed by atoms with Crippen LogP contribution in [0.2, 0.25) is 0 Å². The zero-order chi connectivity index (χ0) is 20.4. The van der Waals surface area contributed by atoms with Crippen LogP contribution in [0.4, 0.5) is 11.4 Å². The molecule has 3 rings (SSSR count). The molecule has 2 aliphatic rings. The van der Waals surface area contributed by atoms with Crippen molar-refractivity contribution in [3.05, 3.63) is 24.3 Å². The third-order valence-electron chi connectivity index (χ3n) is 5.82. The van der Waals surface area contributed by atoms with E-state index >= 15 is 0 Å². The van der Waals surface area contributed by atoms with E-state index in [4.69, 9.17) is 0 Å². The first-order valence-electron chi connectivity index (χ1n) is 10.3. The van der Waals surface area contributed by atoms with Gasteiger partial charge in [-0.15, -0.1) is 0 Å². The highest BCUT2D eigenvalue weighted by Crippen LogP contribution is 2.27. The Morgan fingerprint density at radius 1 is 1.07 bits per heavy atom. The average molecular weight is 408 g/mol. The molecule has 156 valence electrons. The van der Waals surface area contributed by atoms with E-state index in [9.17, 15) is 13.2 Å². The SMILES string of the molecule is CC(C)(C)S(=O)(=O)N[C@H]1CC[C@H](CNc2ccc(N3CCCC3=O)cc2)CC1. The number of nitrogens with one attached hydrogen (secondary N) is 2. The number of carbonyl (C=O) groups is 1. The van der Waals surface area contributed by atoms with Crippen LogP contribution in [0.1, 0.15) is 59.3 Å². The summed E-state index contributed by atoms with van der Waals surface area (Å²) < 4.78 is 26.7. The predicted molar refractivity (Wildman–Crippen MR) is 114 cm³/mol. The fraction of sp³-hybridized carbons (Fsp3) is 0.667. The van der Waals surface area contributed by atoms with E-state index < -0.39 is 14.8 Å². The van der Waals surface area contributed by atoms with Gasteiger partial charge in [0.15, 0.2) is 0 Å². The predicted octanol–water partition coefficient (Wildman–Crippen LogP) is 3.50. The monoisotopic (exact) mass is 407 g/mol. The molecule has 2 N–H and O–H groups in total. The first-order valence-corrected chi connectivity index (χ1v) is 11.8. The zero-order valence-corrected chi connectivity index (χ0v) is 18.0. The van der Waals surface area contributed by atoms with Gasteiger partial charge in [0.1, 0.15) is 0 Å². The van der Waals surface area contributed by atoms with E-state index in [0.29, 0.717) is 12.3 Å². The lowest BCUT2D eigenvalue weighted by Crippen LogP contribution is -2.46. The zero-order valence-electron chi connectivity index (χ0n) is 17.2. The van der Waals surface area contributed by atoms with Crippen LogP contribution in [-0.4, -0.2) is 38.2 Å². The molecule has 1 saturated heterocycles. The number of rotatable bonds is 6. The van der Waals surface area contributed by atoms with Crippen LogP contribution in [0.3, 0.4) is 0 Å². The molecule has 0 atom stereocenters. The largest absolute Gasteiger partial charge is 0.385 e. The normalized spacial score (nSPS) is 23.8. The molecule has 0 unspecified atom stereocenters. The maximum Gasteiger partial charge on any atom is 0.227 e. The molecule has 1 aliphatic heterocycles. The van der Waals surface area contributed by atoms with Gasteiger partial charge in [-0.1, -0.05) is 0 Å². The van der Waals surface area contributed by atoms with Gasteiger partial charge < -0.3 is 10.2 Å². The van der Waals surface area contributed by atoms with Crippen molar-refractivity contribution in [2.45, 2.75) is 70.1 Å². The van der Waals surface area contributed by atoms with E-state index in [2.05, 4.69) is 10.0 Å². The molecule has 6 nitrogen and oxygen atoms in total. The molecule has 0 radical (unpaired) electrons. The first-order chi connectivity index (χ1) is 13.2. The van der Waals surface area contributed by atoms with Crippen LogP contribution < -0.4 is 14.9 Å². The number of sulfonamides is 1. The van der Waals surface area contributed by atoms with Crippen molar-refractivity contribution < 1.29 is 13.2 Å². The standard InChI is InChI=1S/C21H33N3O3S/c1-21(2,3)28(26,27)23-18-8-6-16(7-9-18)15-22-17-10-12-19(13-11-17)24-14-4-5-20(24)25/h10-13,16,18,22-23H,4-9,14-15H2,1-3H3/t16-,18-.